The molecule has 138 valence electrons. The number of rotatable bonds is 6. The minimum Gasteiger partial charge on any atom is -0.491 e. The van der Waals surface area contributed by atoms with Crippen molar-refractivity contribution >= 4 is 0 Å². The maximum Gasteiger partial charge on any atom is 0.119 e. The van der Waals surface area contributed by atoms with E-state index in [4.69, 9.17) is 4.74 Å². The van der Waals surface area contributed by atoms with E-state index in [9.17, 15) is 5.11 Å². The van der Waals surface area contributed by atoms with Gasteiger partial charge in [0.2, 0.25) is 0 Å². The monoisotopic (exact) mass is 336 g/mol. The molecule has 1 aromatic carbocycles. The van der Waals surface area contributed by atoms with E-state index in [2.05, 4.69) is 31.0 Å². The van der Waals surface area contributed by atoms with Gasteiger partial charge in [-0.1, -0.05) is 32.0 Å². The van der Waals surface area contributed by atoms with E-state index in [1.807, 2.05) is 44.2 Å². The van der Waals surface area contributed by atoms with Crippen molar-refractivity contribution in [3.05, 3.63) is 30.3 Å². The van der Waals surface area contributed by atoms with Crippen molar-refractivity contribution < 1.29 is 9.84 Å². The quantitative estimate of drug-likeness (QED) is 0.836. The van der Waals surface area contributed by atoms with Gasteiger partial charge in [0, 0.05) is 31.2 Å². The van der Waals surface area contributed by atoms with Crippen LogP contribution in [0.1, 0.15) is 47.5 Å². The van der Waals surface area contributed by atoms with E-state index in [0.29, 0.717) is 19.2 Å². The molecule has 1 aromatic rings. The van der Waals surface area contributed by atoms with Gasteiger partial charge in [0.15, 0.2) is 0 Å². The van der Waals surface area contributed by atoms with Gasteiger partial charge >= 0.3 is 0 Å². The molecule has 1 saturated heterocycles. The Hall–Kier alpha value is -1.10. The van der Waals surface area contributed by atoms with Crippen molar-refractivity contribution in [1.82, 2.24) is 10.2 Å². The Labute approximate surface area is 148 Å². The van der Waals surface area contributed by atoms with E-state index in [1.165, 1.54) is 0 Å². The zero-order valence-corrected chi connectivity index (χ0v) is 16.1. The number of benzene rings is 1. The van der Waals surface area contributed by atoms with Crippen LogP contribution in [0.15, 0.2) is 30.3 Å². The molecule has 4 nitrogen and oxygen atoms in total. The third-order valence-corrected chi connectivity index (χ3v) is 4.27. The third-order valence-electron chi connectivity index (χ3n) is 4.27. The van der Waals surface area contributed by atoms with E-state index in [0.717, 1.165) is 31.7 Å². The third kappa shape index (κ3) is 7.65. The van der Waals surface area contributed by atoms with Gasteiger partial charge in [-0.3, -0.25) is 4.90 Å². The average Bonchev–Trinajstić information content (AvgIpc) is 2.60. The number of hydrogen-bond donors (Lipinski definition) is 2. The summed E-state index contributed by atoms with van der Waals surface area (Å²) in [6.07, 6.45) is 1.81. The lowest BCUT2D eigenvalue weighted by Crippen LogP contribution is -2.51. The van der Waals surface area contributed by atoms with Crippen molar-refractivity contribution in [2.75, 3.05) is 26.2 Å². The fourth-order valence-corrected chi connectivity index (χ4v) is 2.83. The highest BCUT2D eigenvalue weighted by molar-refractivity contribution is 5.20. The summed E-state index contributed by atoms with van der Waals surface area (Å²) in [5, 5.41) is 13.5. The van der Waals surface area contributed by atoms with Crippen LogP contribution in [0.3, 0.4) is 0 Å². The summed E-state index contributed by atoms with van der Waals surface area (Å²) in [5.74, 6) is 0.806. The summed E-state index contributed by atoms with van der Waals surface area (Å²) in [6, 6.07) is 10.1. The summed E-state index contributed by atoms with van der Waals surface area (Å²) >= 11 is 0. The van der Waals surface area contributed by atoms with Crippen molar-refractivity contribution in [2.45, 2.75) is 65.1 Å². The molecular weight excluding hydrogens is 300 g/mol. The zero-order chi connectivity index (χ0) is 18.0. The maximum atomic E-state index is 10.0. The maximum absolute atomic E-state index is 10.0. The summed E-state index contributed by atoms with van der Waals surface area (Å²) in [7, 11) is 0. The van der Waals surface area contributed by atoms with Gasteiger partial charge in [-0.25, -0.2) is 0 Å². The summed E-state index contributed by atoms with van der Waals surface area (Å²) < 4.78 is 5.57. The summed E-state index contributed by atoms with van der Waals surface area (Å²) in [5.41, 5.74) is 0.258. The topological polar surface area (TPSA) is 44.7 Å². The molecule has 1 aliphatic rings. The van der Waals surface area contributed by atoms with Crippen LogP contribution in [0, 0.1) is 0 Å². The Bertz CT molecular complexity index is 423. The van der Waals surface area contributed by atoms with Crippen LogP contribution in [0.4, 0.5) is 0 Å². The zero-order valence-electron chi connectivity index (χ0n) is 16.1. The lowest BCUT2D eigenvalue weighted by atomic mass is 9.98. The molecule has 0 saturated carbocycles. The number of nitrogens with one attached hydrogen (secondary N) is 1. The minimum absolute atomic E-state index is 0.258. The number of hydrogen-bond acceptors (Lipinski definition) is 4. The standard InChI is InChI=1S/C18H30N2O2.C2H6/c1-18(2,3)20-11-9-15(10-12-20)19-13-16(21)14-22-17-7-5-4-6-8-17;1-2/h4-8,15-16,19,21H,9-14H2,1-3H3;1-2H3. The van der Waals surface area contributed by atoms with Crippen LogP contribution < -0.4 is 10.1 Å². The normalized spacial score (nSPS) is 17.8. The second-order valence-electron chi connectivity index (χ2n) is 7.12. The Morgan fingerprint density at radius 2 is 1.75 bits per heavy atom. The molecule has 0 spiro atoms. The molecule has 1 aliphatic heterocycles. The molecule has 1 fully saturated rings. The molecule has 2 N–H and O–H groups in total. The fourth-order valence-electron chi connectivity index (χ4n) is 2.83. The highest BCUT2D eigenvalue weighted by atomic mass is 16.5. The van der Waals surface area contributed by atoms with E-state index in [1.54, 1.807) is 0 Å². The van der Waals surface area contributed by atoms with Crippen LogP contribution >= 0.6 is 0 Å². The molecule has 0 aliphatic carbocycles. The van der Waals surface area contributed by atoms with Crippen LogP contribution in [-0.2, 0) is 0 Å². The molecule has 0 amide bonds. The summed E-state index contributed by atoms with van der Waals surface area (Å²) in [4.78, 5) is 2.53. The van der Waals surface area contributed by atoms with Gasteiger partial charge in [0.25, 0.3) is 0 Å². The molecule has 4 heteroatoms. The van der Waals surface area contributed by atoms with Crippen molar-refractivity contribution in [3.8, 4) is 5.75 Å². The minimum atomic E-state index is -0.471. The average molecular weight is 337 g/mol. The molecule has 1 heterocycles. The Balaban J connectivity index is 0.00000139. The van der Waals surface area contributed by atoms with E-state index >= 15 is 0 Å². The van der Waals surface area contributed by atoms with Gasteiger partial charge in [-0.15, -0.1) is 0 Å². The molecule has 1 unspecified atom stereocenters. The van der Waals surface area contributed by atoms with Gasteiger partial charge in [0.05, 0.1) is 0 Å². The number of aliphatic hydroxyl groups excluding tert-OH is 1. The van der Waals surface area contributed by atoms with Crippen LogP contribution in [0.5, 0.6) is 5.75 Å². The molecular formula is C20H36N2O2. The lowest BCUT2D eigenvalue weighted by molar-refractivity contribution is 0.0800. The molecule has 2 rings (SSSR count). The Morgan fingerprint density at radius 3 is 2.29 bits per heavy atom. The smallest absolute Gasteiger partial charge is 0.119 e. The molecule has 0 radical (unpaired) electrons. The van der Waals surface area contributed by atoms with Crippen molar-refractivity contribution in [2.24, 2.45) is 0 Å². The number of aliphatic hydroxyl groups is 1. The van der Waals surface area contributed by atoms with Gasteiger partial charge in [-0.05, 0) is 45.7 Å². The number of piperidine rings is 1. The second kappa shape index (κ2) is 10.7. The Kier molecular flexibility index (Phi) is 9.34. The highest BCUT2D eigenvalue weighted by Crippen LogP contribution is 2.20. The van der Waals surface area contributed by atoms with E-state index in [-0.39, 0.29) is 5.54 Å². The Morgan fingerprint density at radius 1 is 1.17 bits per heavy atom. The molecule has 1 atom stereocenters. The number of ether oxygens (including phenoxy) is 1. The predicted octanol–water partition coefficient (Wildman–Crippen LogP) is 3.31. The number of likely N-dealkylation sites (tertiary alicyclic amines) is 1. The van der Waals surface area contributed by atoms with Crippen LogP contribution in [-0.4, -0.2) is 53.9 Å². The predicted molar refractivity (Wildman–Crippen MR) is 102 cm³/mol. The van der Waals surface area contributed by atoms with Gasteiger partial charge < -0.3 is 15.2 Å². The van der Waals surface area contributed by atoms with Crippen molar-refractivity contribution in [1.29, 1.82) is 0 Å². The first-order chi connectivity index (χ1) is 11.4. The van der Waals surface area contributed by atoms with E-state index < -0.39 is 6.10 Å². The largest absolute Gasteiger partial charge is 0.491 e. The van der Waals surface area contributed by atoms with Crippen LogP contribution in [0.25, 0.3) is 0 Å². The fraction of sp³-hybridized carbons (Fsp3) is 0.700. The molecule has 24 heavy (non-hydrogen) atoms. The first-order valence-electron chi connectivity index (χ1n) is 9.29. The van der Waals surface area contributed by atoms with Gasteiger partial charge in [-0.2, -0.15) is 0 Å². The lowest BCUT2D eigenvalue weighted by Gasteiger charge is -2.41. The first kappa shape index (κ1) is 20.9. The highest BCUT2D eigenvalue weighted by Gasteiger charge is 2.26. The number of para-hydroxylation sites is 1. The summed E-state index contributed by atoms with van der Waals surface area (Å²) in [6.45, 7) is 14.0. The SMILES string of the molecule is CC.CC(C)(C)N1CCC(NCC(O)COc2ccccc2)CC1. The molecule has 0 bridgehead atoms. The second-order valence-corrected chi connectivity index (χ2v) is 7.12. The number of nitrogens with zero attached hydrogens (tertiary/aromatic N) is 1. The van der Waals surface area contributed by atoms with Gasteiger partial charge in [0.1, 0.15) is 18.5 Å². The van der Waals surface area contributed by atoms with Crippen LogP contribution in [0.2, 0.25) is 0 Å². The first-order valence-corrected chi connectivity index (χ1v) is 9.29. The van der Waals surface area contributed by atoms with Crippen molar-refractivity contribution in [3.63, 3.8) is 0 Å². The molecule has 0 aromatic heterocycles.